The molecule has 0 bridgehead atoms. The number of carbonyl (C=O) groups excluding carboxylic acids is 1. The van der Waals surface area contributed by atoms with Gasteiger partial charge in [0.1, 0.15) is 5.37 Å². The fourth-order valence-electron chi connectivity index (χ4n) is 3.74. The summed E-state index contributed by atoms with van der Waals surface area (Å²) in [5.41, 5.74) is 4.72. The number of aryl methyl sites for hydroxylation is 1. The fourth-order valence-corrected chi connectivity index (χ4v) is 4.99. The molecule has 0 aliphatic carbocycles. The molecule has 3 heteroatoms. The first-order valence-electron chi connectivity index (χ1n) is 10.7. The number of hydrogen-bond donors (Lipinski definition) is 0. The first-order chi connectivity index (χ1) is 13.6. The van der Waals surface area contributed by atoms with E-state index in [0.29, 0.717) is 5.92 Å². The molecular formula is C25H33NOS. The Hall–Kier alpha value is -1.74. The van der Waals surface area contributed by atoms with Crippen LogP contribution in [0, 0.1) is 0 Å². The molecule has 1 fully saturated rings. The van der Waals surface area contributed by atoms with Crippen molar-refractivity contribution in [2.45, 2.75) is 64.2 Å². The molecule has 1 aliphatic heterocycles. The van der Waals surface area contributed by atoms with Crippen LogP contribution in [-0.4, -0.2) is 23.1 Å². The molecule has 0 radical (unpaired) electrons. The van der Waals surface area contributed by atoms with E-state index >= 15 is 0 Å². The van der Waals surface area contributed by atoms with Crippen LogP contribution in [0.1, 0.15) is 84.8 Å². The Kier molecular flexibility index (Phi) is 7.61. The summed E-state index contributed by atoms with van der Waals surface area (Å²) in [5.74, 6) is 1.68. The lowest BCUT2D eigenvalue weighted by atomic mass is 10.0. The van der Waals surface area contributed by atoms with Gasteiger partial charge in [0.05, 0.1) is 0 Å². The van der Waals surface area contributed by atoms with E-state index in [1.165, 1.54) is 42.4 Å². The number of amides is 1. The van der Waals surface area contributed by atoms with Crippen molar-refractivity contribution in [3.8, 4) is 0 Å². The fraction of sp³-hybridized carbons (Fsp3) is 0.480. The zero-order valence-electron chi connectivity index (χ0n) is 17.5. The van der Waals surface area contributed by atoms with E-state index in [9.17, 15) is 4.79 Å². The monoisotopic (exact) mass is 395 g/mol. The van der Waals surface area contributed by atoms with Gasteiger partial charge in [-0.2, -0.15) is 0 Å². The van der Waals surface area contributed by atoms with E-state index in [1.54, 1.807) is 0 Å². The van der Waals surface area contributed by atoms with Crippen molar-refractivity contribution in [3.63, 3.8) is 0 Å². The minimum absolute atomic E-state index is 0.127. The molecule has 2 aromatic rings. The van der Waals surface area contributed by atoms with Crippen molar-refractivity contribution in [1.82, 2.24) is 4.90 Å². The highest BCUT2D eigenvalue weighted by molar-refractivity contribution is 7.99. The summed E-state index contributed by atoms with van der Waals surface area (Å²) in [4.78, 5) is 15.2. The molecule has 1 aliphatic rings. The van der Waals surface area contributed by atoms with E-state index in [-0.39, 0.29) is 11.3 Å². The molecule has 150 valence electrons. The molecule has 1 amide bonds. The molecule has 1 atom stereocenters. The third-order valence-corrected chi connectivity index (χ3v) is 6.82. The maximum atomic E-state index is 13.1. The van der Waals surface area contributed by atoms with E-state index < -0.39 is 0 Å². The molecule has 0 N–H and O–H groups in total. The van der Waals surface area contributed by atoms with Gasteiger partial charge in [0.2, 0.25) is 0 Å². The Bertz CT molecular complexity index is 751. The summed E-state index contributed by atoms with van der Waals surface area (Å²) in [6.07, 6.45) is 6.21. The van der Waals surface area contributed by atoms with Crippen LogP contribution in [-0.2, 0) is 6.42 Å². The van der Waals surface area contributed by atoms with Gasteiger partial charge in [-0.05, 0) is 47.6 Å². The quantitative estimate of drug-likeness (QED) is 0.457. The Balaban J connectivity index is 1.65. The maximum Gasteiger partial charge on any atom is 0.255 e. The van der Waals surface area contributed by atoms with Gasteiger partial charge >= 0.3 is 0 Å². The lowest BCUT2D eigenvalue weighted by Crippen LogP contribution is -2.30. The Morgan fingerprint density at radius 3 is 2.39 bits per heavy atom. The third-order valence-electron chi connectivity index (χ3n) is 5.56. The van der Waals surface area contributed by atoms with E-state index in [0.717, 1.165) is 24.3 Å². The number of hydrogen-bond acceptors (Lipinski definition) is 2. The summed E-state index contributed by atoms with van der Waals surface area (Å²) in [6, 6.07) is 17.1. The Morgan fingerprint density at radius 1 is 1.04 bits per heavy atom. The zero-order chi connectivity index (χ0) is 19.9. The number of nitrogens with zero attached hydrogens (tertiary/aromatic N) is 1. The summed E-state index contributed by atoms with van der Waals surface area (Å²) in [5, 5.41) is 0.127. The van der Waals surface area contributed by atoms with Crippen molar-refractivity contribution >= 4 is 17.7 Å². The third kappa shape index (κ3) is 5.20. The summed E-state index contributed by atoms with van der Waals surface area (Å²) in [6.45, 7) is 7.48. The first-order valence-corrected chi connectivity index (χ1v) is 11.8. The number of unbranched alkanes of at least 4 members (excludes halogenated alkanes) is 3. The van der Waals surface area contributed by atoms with Gasteiger partial charge in [-0.3, -0.25) is 4.79 Å². The molecule has 28 heavy (non-hydrogen) atoms. The molecule has 0 unspecified atom stereocenters. The summed E-state index contributed by atoms with van der Waals surface area (Å²) >= 11 is 1.86. The second-order valence-electron chi connectivity index (χ2n) is 8.05. The normalized spacial score (nSPS) is 16.7. The van der Waals surface area contributed by atoms with E-state index in [1.807, 2.05) is 28.8 Å². The van der Waals surface area contributed by atoms with Crippen LogP contribution in [0.25, 0.3) is 0 Å². The van der Waals surface area contributed by atoms with Crippen LogP contribution < -0.4 is 0 Å². The molecule has 1 heterocycles. The molecule has 0 spiro atoms. The largest absolute Gasteiger partial charge is 0.322 e. The minimum atomic E-state index is 0.127. The number of rotatable bonds is 8. The molecule has 2 aromatic carbocycles. The zero-order valence-corrected chi connectivity index (χ0v) is 18.3. The second-order valence-corrected chi connectivity index (χ2v) is 9.24. The first kappa shape index (κ1) is 21.0. The van der Waals surface area contributed by atoms with Crippen molar-refractivity contribution in [3.05, 3.63) is 70.8 Å². The highest BCUT2D eigenvalue weighted by Crippen LogP contribution is 2.39. The molecule has 2 nitrogen and oxygen atoms in total. The highest BCUT2D eigenvalue weighted by atomic mass is 32.2. The Morgan fingerprint density at radius 2 is 1.75 bits per heavy atom. The van der Waals surface area contributed by atoms with Gasteiger partial charge in [0.15, 0.2) is 0 Å². The smallest absolute Gasteiger partial charge is 0.255 e. The summed E-state index contributed by atoms with van der Waals surface area (Å²) in [7, 11) is 0. The summed E-state index contributed by atoms with van der Waals surface area (Å²) < 4.78 is 0. The molecule has 1 saturated heterocycles. The minimum Gasteiger partial charge on any atom is -0.322 e. The lowest BCUT2D eigenvalue weighted by molar-refractivity contribution is 0.0760. The number of carbonyl (C=O) groups is 1. The average molecular weight is 396 g/mol. The van der Waals surface area contributed by atoms with E-state index in [4.69, 9.17) is 0 Å². The van der Waals surface area contributed by atoms with Crippen molar-refractivity contribution in [2.75, 3.05) is 12.3 Å². The standard InChI is InChI=1S/C25H33NOS/c1-4-5-6-7-8-20-9-11-22(12-10-20)24(27)26-17-18-28-25(26)23-15-13-21(14-16-23)19(2)3/h9-16,19,25H,4-8,17-18H2,1-3H3/t25-/m1/s1. The predicted octanol–water partition coefficient (Wildman–Crippen LogP) is 6.82. The SMILES string of the molecule is CCCCCCc1ccc(C(=O)N2CCS[C@@H]2c2ccc(C(C)C)cc2)cc1. The van der Waals surface area contributed by atoms with Crippen molar-refractivity contribution in [2.24, 2.45) is 0 Å². The van der Waals surface area contributed by atoms with Crippen molar-refractivity contribution < 1.29 is 4.79 Å². The van der Waals surface area contributed by atoms with Gasteiger partial charge in [0, 0.05) is 17.9 Å². The van der Waals surface area contributed by atoms with Crippen LogP contribution in [0.2, 0.25) is 0 Å². The predicted molar refractivity (Wildman–Crippen MR) is 121 cm³/mol. The van der Waals surface area contributed by atoms with Gasteiger partial charge in [-0.15, -0.1) is 11.8 Å². The van der Waals surface area contributed by atoms with Gasteiger partial charge in [-0.1, -0.05) is 76.4 Å². The second kappa shape index (κ2) is 10.2. The molecule has 3 rings (SSSR count). The maximum absolute atomic E-state index is 13.1. The van der Waals surface area contributed by atoms with Crippen molar-refractivity contribution in [1.29, 1.82) is 0 Å². The van der Waals surface area contributed by atoms with Gasteiger partial charge in [-0.25, -0.2) is 0 Å². The molecular weight excluding hydrogens is 362 g/mol. The van der Waals surface area contributed by atoms with Crippen LogP contribution in [0.4, 0.5) is 0 Å². The van der Waals surface area contributed by atoms with Crippen LogP contribution >= 0.6 is 11.8 Å². The lowest BCUT2D eigenvalue weighted by Gasteiger charge is -2.24. The average Bonchev–Trinajstić information content (AvgIpc) is 3.21. The van der Waals surface area contributed by atoms with Gasteiger partial charge in [0.25, 0.3) is 5.91 Å². The van der Waals surface area contributed by atoms with E-state index in [2.05, 4.69) is 57.2 Å². The molecule has 0 aromatic heterocycles. The number of thioether (sulfide) groups is 1. The highest BCUT2D eigenvalue weighted by Gasteiger charge is 2.31. The van der Waals surface area contributed by atoms with Crippen LogP contribution in [0.5, 0.6) is 0 Å². The topological polar surface area (TPSA) is 20.3 Å². The van der Waals surface area contributed by atoms with Gasteiger partial charge < -0.3 is 4.90 Å². The van der Waals surface area contributed by atoms with Crippen LogP contribution in [0.15, 0.2) is 48.5 Å². The molecule has 0 saturated carbocycles. The Labute approximate surface area is 174 Å². The number of benzene rings is 2. The van der Waals surface area contributed by atoms with Crippen LogP contribution in [0.3, 0.4) is 0 Å².